The van der Waals surface area contributed by atoms with E-state index >= 15 is 0 Å². The molecule has 0 spiro atoms. The molecule has 1 aromatic carbocycles. The van der Waals surface area contributed by atoms with Gasteiger partial charge in [-0.05, 0) is 37.3 Å². The first-order valence-electron chi connectivity index (χ1n) is 6.02. The van der Waals surface area contributed by atoms with Crippen LogP contribution < -0.4 is 10.5 Å². The number of rotatable bonds is 5. The van der Waals surface area contributed by atoms with Gasteiger partial charge in [-0.3, -0.25) is 0 Å². The first-order chi connectivity index (χ1) is 8.88. The minimum atomic E-state index is -3.57. The van der Waals surface area contributed by atoms with Crippen molar-refractivity contribution in [2.24, 2.45) is 0 Å². The van der Waals surface area contributed by atoms with Crippen LogP contribution in [0.2, 0.25) is 0 Å². The Bertz CT molecular complexity index is 563. The molecule has 1 aromatic rings. The van der Waals surface area contributed by atoms with Crippen LogP contribution in [0.15, 0.2) is 23.1 Å². The number of aromatic hydroxyl groups is 1. The molecule has 1 fully saturated rings. The Hall–Kier alpha value is -0.920. The fraction of sp³-hybridized carbons (Fsp3) is 0.500. The number of sulfonamides is 1. The van der Waals surface area contributed by atoms with Crippen molar-refractivity contribution >= 4 is 27.5 Å². The maximum atomic E-state index is 12.1. The molecule has 0 amide bonds. The highest BCUT2D eigenvalue weighted by atomic mass is 32.2. The highest BCUT2D eigenvalue weighted by molar-refractivity contribution is 8.00. The van der Waals surface area contributed by atoms with Crippen LogP contribution >= 0.6 is 11.8 Å². The highest BCUT2D eigenvalue weighted by Crippen LogP contribution is 2.42. The molecule has 2 rings (SSSR count). The third kappa shape index (κ3) is 2.98. The van der Waals surface area contributed by atoms with Gasteiger partial charge in [0.15, 0.2) is 0 Å². The second-order valence-electron chi connectivity index (χ2n) is 4.79. The Morgan fingerprint density at radius 1 is 1.47 bits per heavy atom. The predicted octanol–water partition coefficient (Wildman–Crippen LogP) is 1.54. The van der Waals surface area contributed by atoms with Gasteiger partial charge in [0.1, 0.15) is 5.75 Å². The lowest BCUT2D eigenvalue weighted by Gasteiger charge is -2.40. The predicted molar refractivity (Wildman–Crippen MR) is 77.8 cm³/mol. The molecular formula is C12H18N2O3S2. The molecule has 5 nitrogen and oxygen atoms in total. The number of hydrogen-bond donors (Lipinski definition) is 3. The van der Waals surface area contributed by atoms with E-state index in [1.807, 2.05) is 6.26 Å². The summed E-state index contributed by atoms with van der Waals surface area (Å²) in [5, 5.41) is 9.31. The van der Waals surface area contributed by atoms with Gasteiger partial charge in [-0.2, -0.15) is 11.8 Å². The van der Waals surface area contributed by atoms with Crippen LogP contribution in [0.5, 0.6) is 5.75 Å². The highest BCUT2D eigenvalue weighted by Gasteiger charge is 2.37. The summed E-state index contributed by atoms with van der Waals surface area (Å²) in [6, 6.07) is 3.91. The lowest BCUT2D eigenvalue weighted by molar-refractivity contribution is 0.362. The number of phenolic OH excluding ortho intramolecular Hbond substituents is 1. The minimum Gasteiger partial charge on any atom is -0.506 e. The molecule has 4 N–H and O–H groups in total. The molecule has 0 aromatic heterocycles. The maximum absolute atomic E-state index is 12.1. The van der Waals surface area contributed by atoms with Crippen molar-refractivity contribution in [3.63, 3.8) is 0 Å². The van der Waals surface area contributed by atoms with Crippen LogP contribution in [0, 0.1) is 0 Å². The quantitative estimate of drug-likeness (QED) is 0.567. The van der Waals surface area contributed by atoms with Gasteiger partial charge >= 0.3 is 0 Å². The number of benzene rings is 1. The van der Waals surface area contributed by atoms with E-state index in [9.17, 15) is 13.5 Å². The number of hydrogen-bond acceptors (Lipinski definition) is 5. The van der Waals surface area contributed by atoms with Crippen LogP contribution in [0.3, 0.4) is 0 Å². The van der Waals surface area contributed by atoms with Crippen molar-refractivity contribution in [3.05, 3.63) is 18.2 Å². The summed E-state index contributed by atoms with van der Waals surface area (Å²) in [6.45, 7) is 0.428. The standard InChI is InChI=1S/C12H18N2O3S2/c1-18-12(5-2-6-12)8-14-19(16,17)9-3-4-11(15)10(13)7-9/h3-4,7,14-15H,2,5-6,8,13H2,1H3. The third-order valence-electron chi connectivity index (χ3n) is 3.59. The lowest BCUT2D eigenvalue weighted by atomic mass is 9.84. The summed E-state index contributed by atoms with van der Waals surface area (Å²) in [6.07, 6.45) is 5.23. The van der Waals surface area contributed by atoms with Gasteiger partial charge in [0, 0.05) is 11.3 Å². The van der Waals surface area contributed by atoms with Crippen LogP contribution in [0.4, 0.5) is 5.69 Å². The average molecular weight is 302 g/mol. The number of phenols is 1. The molecule has 0 heterocycles. The number of nitrogens with one attached hydrogen (secondary N) is 1. The van der Waals surface area contributed by atoms with Gasteiger partial charge in [0.2, 0.25) is 10.0 Å². The van der Waals surface area contributed by atoms with Crippen molar-refractivity contribution in [2.45, 2.75) is 28.9 Å². The summed E-state index contributed by atoms with van der Waals surface area (Å²) >= 11 is 1.71. The number of nitrogens with two attached hydrogens (primary N) is 1. The average Bonchev–Trinajstić information content (AvgIpc) is 2.31. The number of nitrogen functional groups attached to an aromatic ring is 1. The Labute approximate surface area is 117 Å². The van der Waals surface area contributed by atoms with Gasteiger partial charge in [-0.15, -0.1) is 0 Å². The smallest absolute Gasteiger partial charge is 0.240 e. The Morgan fingerprint density at radius 2 is 2.16 bits per heavy atom. The molecule has 0 bridgehead atoms. The summed E-state index contributed by atoms with van der Waals surface area (Å²) < 4.78 is 26.9. The maximum Gasteiger partial charge on any atom is 0.240 e. The largest absolute Gasteiger partial charge is 0.506 e. The molecule has 1 aliphatic carbocycles. The van der Waals surface area contributed by atoms with E-state index in [0.29, 0.717) is 6.54 Å². The summed E-state index contributed by atoms with van der Waals surface area (Å²) in [5.74, 6) is -0.112. The summed E-state index contributed by atoms with van der Waals surface area (Å²) in [7, 11) is -3.57. The molecule has 106 valence electrons. The second kappa shape index (κ2) is 5.22. The van der Waals surface area contributed by atoms with Gasteiger partial charge in [-0.1, -0.05) is 6.42 Å². The number of anilines is 1. The first-order valence-corrected chi connectivity index (χ1v) is 8.73. The van der Waals surface area contributed by atoms with Gasteiger partial charge in [0.05, 0.1) is 10.6 Å². The van der Waals surface area contributed by atoms with Crippen molar-refractivity contribution in [1.82, 2.24) is 4.72 Å². The van der Waals surface area contributed by atoms with Crippen LogP contribution in [0.25, 0.3) is 0 Å². The molecule has 0 aliphatic heterocycles. The van der Waals surface area contributed by atoms with E-state index in [4.69, 9.17) is 5.73 Å². The molecule has 0 saturated heterocycles. The molecule has 0 atom stereocenters. The van der Waals surface area contributed by atoms with Crippen molar-refractivity contribution < 1.29 is 13.5 Å². The molecule has 1 aliphatic rings. The Morgan fingerprint density at radius 3 is 2.63 bits per heavy atom. The lowest BCUT2D eigenvalue weighted by Crippen LogP contribution is -2.45. The van der Waals surface area contributed by atoms with Crippen LogP contribution in [-0.2, 0) is 10.0 Å². The van der Waals surface area contributed by atoms with Crippen molar-refractivity contribution in [3.8, 4) is 5.75 Å². The zero-order valence-corrected chi connectivity index (χ0v) is 12.4. The van der Waals surface area contributed by atoms with Gasteiger partial charge in [-0.25, -0.2) is 13.1 Å². The van der Waals surface area contributed by atoms with E-state index in [1.165, 1.54) is 18.2 Å². The molecule has 7 heteroatoms. The van der Waals surface area contributed by atoms with Gasteiger partial charge in [0.25, 0.3) is 0 Å². The van der Waals surface area contributed by atoms with E-state index < -0.39 is 10.0 Å². The second-order valence-corrected chi connectivity index (χ2v) is 7.83. The van der Waals surface area contributed by atoms with Crippen LogP contribution in [-0.4, -0.2) is 31.1 Å². The summed E-state index contributed by atoms with van der Waals surface area (Å²) in [4.78, 5) is 0.0818. The SMILES string of the molecule is CSC1(CNS(=O)(=O)c2ccc(O)c(N)c2)CCC1. The van der Waals surface area contributed by atoms with E-state index in [-0.39, 0.29) is 21.1 Å². The van der Waals surface area contributed by atoms with E-state index in [0.717, 1.165) is 19.3 Å². The zero-order valence-electron chi connectivity index (χ0n) is 10.7. The Kier molecular flexibility index (Phi) is 3.98. The van der Waals surface area contributed by atoms with Crippen molar-refractivity contribution in [1.29, 1.82) is 0 Å². The van der Waals surface area contributed by atoms with E-state index in [2.05, 4.69) is 4.72 Å². The molecule has 1 saturated carbocycles. The molecule has 0 unspecified atom stereocenters. The topological polar surface area (TPSA) is 92.4 Å². The normalized spacial score (nSPS) is 17.9. The van der Waals surface area contributed by atoms with E-state index in [1.54, 1.807) is 11.8 Å². The third-order valence-corrected chi connectivity index (χ3v) is 6.41. The molecule has 0 radical (unpaired) electrons. The Balaban J connectivity index is 2.11. The van der Waals surface area contributed by atoms with Gasteiger partial charge < -0.3 is 10.8 Å². The fourth-order valence-corrected chi connectivity index (χ4v) is 4.20. The fourth-order valence-electron chi connectivity index (χ4n) is 2.03. The summed E-state index contributed by atoms with van der Waals surface area (Å²) in [5.41, 5.74) is 5.58. The minimum absolute atomic E-state index is 0.0372. The number of thioether (sulfide) groups is 1. The molecule has 19 heavy (non-hydrogen) atoms. The van der Waals surface area contributed by atoms with Crippen LogP contribution in [0.1, 0.15) is 19.3 Å². The first kappa shape index (κ1) is 14.5. The molecular weight excluding hydrogens is 284 g/mol. The zero-order chi connectivity index (χ0) is 14.1. The monoisotopic (exact) mass is 302 g/mol. The van der Waals surface area contributed by atoms with Crippen molar-refractivity contribution in [2.75, 3.05) is 18.5 Å².